The summed E-state index contributed by atoms with van der Waals surface area (Å²) < 4.78 is 12.0. The van der Waals surface area contributed by atoms with E-state index in [9.17, 15) is 4.79 Å². The van der Waals surface area contributed by atoms with E-state index in [2.05, 4.69) is 42.7 Å². The molecule has 40 heavy (non-hydrogen) atoms. The van der Waals surface area contributed by atoms with Gasteiger partial charge in [-0.15, -0.1) is 10.2 Å². The van der Waals surface area contributed by atoms with Gasteiger partial charge in [0.25, 0.3) is 5.91 Å². The Morgan fingerprint density at radius 2 is 1.68 bits per heavy atom. The van der Waals surface area contributed by atoms with Crippen molar-refractivity contribution >= 4 is 16.9 Å². The van der Waals surface area contributed by atoms with Gasteiger partial charge in [-0.2, -0.15) is 5.21 Å². The van der Waals surface area contributed by atoms with E-state index < -0.39 is 0 Å². The molecule has 0 aliphatic heterocycles. The maximum Gasteiger partial charge on any atom is 0.260 e. The van der Waals surface area contributed by atoms with Gasteiger partial charge in [-0.05, 0) is 48.2 Å². The number of aromatic amines is 1. The van der Waals surface area contributed by atoms with E-state index in [1.54, 1.807) is 11.0 Å². The topological polar surface area (TPSA) is 119 Å². The molecule has 0 atom stereocenters. The van der Waals surface area contributed by atoms with Gasteiger partial charge >= 0.3 is 0 Å². The molecule has 0 fully saturated rings. The van der Waals surface area contributed by atoms with Gasteiger partial charge in [0.05, 0.1) is 5.52 Å². The van der Waals surface area contributed by atoms with Crippen molar-refractivity contribution < 1.29 is 14.3 Å². The second-order valence-electron chi connectivity index (χ2n) is 9.10. The number of ether oxygens (including phenoxy) is 2. The fraction of sp³-hybridized carbons (Fsp3) is 0.267. The minimum atomic E-state index is -0.0776. The average Bonchev–Trinajstić information content (AvgIpc) is 3.54. The number of likely N-dealkylation sites (N-methyl/N-ethyl adjacent to an activating group) is 1. The molecule has 3 aromatic heterocycles. The zero-order valence-corrected chi connectivity index (χ0v) is 22.8. The normalized spacial score (nSPS) is 11.0. The van der Waals surface area contributed by atoms with Crippen LogP contribution in [0.2, 0.25) is 0 Å². The molecule has 0 unspecified atom stereocenters. The van der Waals surface area contributed by atoms with Crippen LogP contribution in [0.25, 0.3) is 33.5 Å². The van der Waals surface area contributed by atoms with Crippen LogP contribution in [0, 0.1) is 0 Å². The summed E-state index contributed by atoms with van der Waals surface area (Å²) in [7, 11) is 0. The first-order chi connectivity index (χ1) is 19.6. The number of amides is 1. The summed E-state index contributed by atoms with van der Waals surface area (Å²) >= 11 is 0. The number of fused-ring (bicyclic) bond motifs is 1. The van der Waals surface area contributed by atoms with Crippen LogP contribution in [-0.4, -0.2) is 61.1 Å². The number of nitrogens with one attached hydrogen (secondary N) is 1. The highest BCUT2D eigenvalue weighted by Gasteiger charge is 2.14. The number of H-pyrrole nitrogens is 1. The van der Waals surface area contributed by atoms with Crippen LogP contribution in [0.15, 0.2) is 66.7 Å². The van der Waals surface area contributed by atoms with Crippen LogP contribution < -0.4 is 9.47 Å². The third kappa shape index (κ3) is 5.90. The second-order valence-corrected chi connectivity index (χ2v) is 9.10. The minimum Gasteiger partial charge on any atom is -0.486 e. The zero-order chi connectivity index (χ0) is 27.9. The molecule has 204 valence electrons. The lowest BCUT2D eigenvalue weighted by molar-refractivity contribution is -0.133. The fourth-order valence-corrected chi connectivity index (χ4v) is 4.43. The first-order valence-corrected chi connectivity index (χ1v) is 13.4. The Kier molecular flexibility index (Phi) is 8.24. The number of pyridine rings is 2. The Labute approximate surface area is 232 Å². The van der Waals surface area contributed by atoms with Gasteiger partial charge in [0.15, 0.2) is 6.61 Å². The molecular formula is C30H31N7O3. The summed E-state index contributed by atoms with van der Waals surface area (Å²) in [6.45, 7) is 7.49. The molecule has 0 spiro atoms. The average molecular weight is 538 g/mol. The van der Waals surface area contributed by atoms with E-state index in [4.69, 9.17) is 9.47 Å². The van der Waals surface area contributed by atoms with Gasteiger partial charge in [-0.25, -0.2) is 4.98 Å². The van der Waals surface area contributed by atoms with E-state index >= 15 is 0 Å². The SMILES string of the molecule is CCc1cc(OCc2ccc(-c3ccccc3-c3nn[nH]n3)cc2)c2nc(OCC(=O)N(CC)CC)ccc2n1. The molecule has 0 aliphatic rings. The standard InChI is InChI=1S/C30H31N7O3/c1-4-22-17-26(29-25(31-22)15-16-27(32-29)40-19-28(38)37(5-2)6-3)39-18-20-11-13-21(14-12-20)23-9-7-8-10-24(23)30-33-35-36-34-30/h7-17H,4-6,18-19H2,1-3H3,(H,33,34,35,36). The maximum absolute atomic E-state index is 12.4. The summed E-state index contributed by atoms with van der Waals surface area (Å²) in [5, 5.41) is 14.5. The van der Waals surface area contributed by atoms with Crippen molar-refractivity contribution in [1.82, 2.24) is 35.5 Å². The summed E-state index contributed by atoms with van der Waals surface area (Å²) in [6.07, 6.45) is 0.761. The molecule has 2 aromatic carbocycles. The maximum atomic E-state index is 12.4. The molecule has 0 bridgehead atoms. The van der Waals surface area contributed by atoms with Gasteiger partial charge in [-0.3, -0.25) is 9.78 Å². The molecule has 10 nitrogen and oxygen atoms in total. The van der Waals surface area contributed by atoms with Crippen molar-refractivity contribution in [2.24, 2.45) is 0 Å². The number of benzene rings is 2. The summed E-state index contributed by atoms with van der Waals surface area (Å²) in [5.74, 6) is 1.45. The molecule has 0 radical (unpaired) electrons. The van der Waals surface area contributed by atoms with Gasteiger partial charge in [0.2, 0.25) is 11.7 Å². The number of carbonyl (C=O) groups is 1. The lowest BCUT2D eigenvalue weighted by Gasteiger charge is -2.18. The molecular weight excluding hydrogens is 506 g/mol. The van der Waals surface area contributed by atoms with Crippen molar-refractivity contribution in [3.63, 3.8) is 0 Å². The third-order valence-electron chi connectivity index (χ3n) is 6.64. The molecule has 5 rings (SSSR count). The second kappa shape index (κ2) is 12.3. The zero-order valence-electron chi connectivity index (χ0n) is 22.8. The van der Waals surface area contributed by atoms with Crippen LogP contribution in [-0.2, 0) is 17.8 Å². The Morgan fingerprint density at radius 3 is 2.38 bits per heavy atom. The first-order valence-electron chi connectivity index (χ1n) is 13.4. The van der Waals surface area contributed by atoms with Crippen molar-refractivity contribution in [2.45, 2.75) is 33.8 Å². The quantitative estimate of drug-likeness (QED) is 0.254. The summed E-state index contributed by atoms with van der Waals surface area (Å²) in [5.41, 5.74) is 6.17. The highest BCUT2D eigenvalue weighted by Crippen LogP contribution is 2.31. The van der Waals surface area contributed by atoms with E-state index in [-0.39, 0.29) is 12.5 Å². The monoisotopic (exact) mass is 537 g/mol. The molecule has 0 saturated carbocycles. The number of aromatic nitrogens is 6. The predicted octanol–water partition coefficient (Wildman–Crippen LogP) is 4.87. The summed E-state index contributed by atoms with van der Waals surface area (Å²) in [6, 6.07) is 21.6. The Morgan fingerprint density at radius 1 is 0.900 bits per heavy atom. The minimum absolute atomic E-state index is 0.0704. The highest BCUT2D eigenvalue weighted by atomic mass is 16.5. The summed E-state index contributed by atoms with van der Waals surface area (Å²) in [4.78, 5) is 23.4. The lowest BCUT2D eigenvalue weighted by Crippen LogP contribution is -2.34. The Hall–Kier alpha value is -4.86. The number of nitrogens with zero attached hydrogens (tertiary/aromatic N) is 6. The van der Waals surface area contributed by atoms with Crippen molar-refractivity contribution in [2.75, 3.05) is 19.7 Å². The van der Waals surface area contributed by atoms with Crippen LogP contribution in [0.3, 0.4) is 0 Å². The number of rotatable bonds is 11. The Balaban J connectivity index is 1.34. The molecule has 0 aliphatic carbocycles. The molecule has 1 N–H and O–H groups in total. The van der Waals surface area contributed by atoms with Crippen LogP contribution in [0.1, 0.15) is 32.0 Å². The molecule has 10 heteroatoms. The number of aryl methyl sites for hydroxylation is 1. The van der Waals surface area contributed by atoms with Crippen molar-refractivity contribution in [3.8, 4) is 34.1 Å². The molecule has 0 saturated heterocycles. The third-order valence-corrected chi connectivity index (χ3v) is 6.64. The van der Waals surface area contributed by atoms with Gasteiger partial charge in [0.1, 0.15) is 17.9 Å². The number of hydrogen-bond donors (Lipinski definition) is 1. The first kappa shape index (κ1) is 26.7. The number of tetrazole rings is 1. The van der Waals surface area contributed by atoms with Crippen molar-refractivity contribution in [1.29, 1.82) is 0 Å². The van der Waals surface area contributed by atoms with Gasteiger partial charge in [0, 0.05) is 36.5 Å². The number of carbonyl (C=O) groups excluding carboxylic acids is 1. The van der Waals surface area contributed by atoms with E-state index in [1.807, 2.05) is 69.3 Å². The van der Waals surface area contributed by atoms with E-state index in [0.717, 1.165) is 34.4 Å². The van der Waals surface area contributed by atoms with Gasteiger partial charge < -0.3 is 14.4 Å². The van der Waals surface area contributed by atoms with Crippen molar-refractivity contribution in [3.05, 3.63) is 78.0 Å². The smallest absolute Gasteiger partial charge is 0.260 e. The molecule has 5 aromatic rings. The van der Waals surface area contributed by atoms with Crippen LogP contribution in [0.4, 0.5) is 0 Å². The number of hydrogen-bond acceptors (Lipinski definition) is 8. The predicted molar refractivity (Wildman–Crippen MR) is 152 cm³/mol. The van der Waals surface area contributed by atoms with Crippen LogP contribution in [0.5, 0.6) is 11.6 Å². The molecule has 1 amide bonds. The molecule has 3 heterocycles. The highest BCUT2D eigenvalue weighted by molar-refractivity contribution is 5.82. The largest absolute Gasteiger partial charge is 0.486 e. The van der Waals surface area contributed by atoms with E-state index in [1.165, 1.54) is 0 Å². The van der Waals surface area contributed by atoms with Gasteiger partial charge in [-0.1, -0.05) is 55.5 Å². The van der Waals surface area contributed by atoms with Crippen LogP contribution >= 0.6 is 0 Å². The lowest BCUT2D eigenvalue weighted by atomic mass is 9.98. The Bertz CT molecular complexity index is 1580. The fourth-order valence-electron chi connectivity index (χ4n) is 4.43. The van der Waals surface area contributed by atoms with E-state index in [0.29, 0.717) is 48.2 Å².